The third kappa shape index (κ3) is 4.39. The van der Waals surface area contributed by atoms with Gasteiger partial charge in [0.15, 0.2) is 0 Å². The number of hydrogen-bond acceptors (Lipinski definition) is 0. The van der Waals surface area contributed by atoms with Crippen molar-refractivity contribution in [1.29, 1.82) is 0 Å². The minimum Gasteiger partial charge on any atom is -0.0622 e. The van der Waals surface area contributed by atoms with E-state index in [1.54, 1.807) is 27.8 Å². The van der Waals surface area contributed by atoms with Gasteiger partial charge in [-0.2, -0.15) is 0 Å². The molecule has 0 bridgehead atoms. The van der Waals surface area contributed by atoms with Gasteiger partial charge in [-0.05, 0) is 85.3 Å². The molecule has 2 atom stereocenters. The molecule has 0 amide bonds. The number of fused-ring (bicyclic) bond motifs is 3. The van der Waals surface area contributed by atoms with E-state index in [-0.39, 0.29) is 27.1 Å². The SMILES string of the molecule is CC(C)C1CC(C2c3ccc(C(C)(C)C)cc3-c3cc(C(C)(C)C)ccc32)(C(C)(C)C)C2=C1CC(C(C)(C)C)=C2. The standard InChI is InChI=1S/C40H56/c1-24(2)33-23-40(39(12,13)14,34-22-27(21-32(33)34)38(9,10)11)35-28-17-15-25(36(3,4)5)19-30(28)31-20-26(37(6,7)8)16-18-29(31)35/h15-20,22,24,33,35H,21,23H2,1-14H3. The van der Waals surface area contributed by atoms with Crippen molar-refractivity contribution in [3.05, 3.63) is 81.4 Å². The average molecular weight is 537 g/mol. The lowest BCUT2D eigenvalue weighted by atomic mass is 9.53. The van der Waals surface area contributed by atoms with E-state index < -0.39 is 0 Å². The van der Waals surface area contributed by atoms with Crippen LogP contribution in [0.15, 0.2) is 59.2 Å². The van der Waals surface area contributed by atoms with Crippen LogP contribution in [0.2, 0.25) is 0 Å². The van der Waals surface area contributed by atoms with Crippen LogP contribution in [0.1, 0.15) is 138 Å². The average Bonchev–Trinajstić information content (AvgIpc) is 3.46. The van der Waals surface area contributed by atoms with Crippen LogP contribution in [0.4, 0.5) is 0 Å². The van der Waals surface area contributed by atoms with Crippen molar-refractivity contribution >= 4 is 0 Å². The van der Waals surface area contributed by atoms with Crippen LogP contribution in [0.3, 0.4) is 0 Å². The van der Waals surface area contributed by atoms with E-state index in [0.717, 1.165) is 6.42 Å². The van der Waals surface area contributed by atoms with Gasteiger partial charge in [-0.1, -0.05) is 151 Å². The summed E-state index contributed by atoms with van der Waals surface area (Å²) in [5, 5.41) is 0. The minimum absolute atomic E-state index is 0.0523. The number of benzene rings is 2. The fraction of sp³-hybridized carbons (Fsp3) is 0.600. The highest BCUT2D eigenvalue weighted by atomic mass is 14.6. The van der Waals surface area contributed by atoms with E-state index in [0.29, 0.717) is 17.8 Å². The normalized spacial score (nSPS) is 23.6. The first-order valence-electron chi connectivity index (χ1n) is 15.9. The molecule has 216 valence electrons. The molecular weight excluding hydrogens is 480 g/mol. The van der Waals surface area contributed by atoms with Crippen molar-refractivity contribution in [3.63, 3.8) is 0 Å². The smallest absolute Gasteiger partial charge is 0.0204 e. The highest BCUT2D eigenvalue weighted by Crippen LogP contribution is 2.71. The Morgan fingerprint density at radius 3 is 1.52 bits per heavy atom. The summed E-state index contributed by atoms with van der Waals surface area (Å²) in [6, 6.07) is 15.0. The van der Waals surface area contributed by atoms with Gasteiger partial charge in [-0.25, -0.2) is 0 Å². The molecule has 3 aliphatic carbocycles. The topological polar surface area (TPSA) is 0 Å². The van der Waals surface area contributed by atoms with Gasteiger partial charge in [0.1, 0.15) is 0 Å². The molecule has 5 rings (SSSR count). The molecule has 0 heteroatoms. The van der Waals surface area contributed by atoms with Crippen LogP contribution >= 0.6 is 0 Å². The summed E-state index contributed by atoms with van der Waals surface area (Å²) < 4.78 is 0. The molecular formula is C40H56. The van der Waals surface area contributed by atoms with Gasteiger partial charge >= 0.3 is 0 Å². The quantitative estimate of drug-likeness (QED) is 0.358. The lowest BCUT2D eigenvalue weighted by Crippen LogP contribution is -2.41. The number of allylic oxidation sites excluding steroid dienone is 4. The van der Waals surface area contributed by atoms with Crippen LogP contribution in [0, 0.1) is 28.1 Å². The maximum absolute atomic E-state index is 2.69. The Kier molecular flexibility index (Phi) is 6.59. The van der Waals surface area contributed by atoms with Gasteiger partial charge in [-0.15, -0.1) is 0 Å². The largest absolute Gasteiger partial charge is 0.0622 e. The maximum atomic E-state index is 2.69. The molecule has 0 spiro atoms. The van der Waals surface area contributed by atoms with Gasteiger partial charge in [0.2, 0.25) is 0 Å². The highest BCUT2D eigenvalue weighted by molar-refractivity contribution is 5.82. The Hall–Kier alpha value is -2.08. The Morgan fingerprint density at radius 1 is 0.675 bits per heavy atom. The zero-order valence-electron chi connectivity index (χ0n) is 28.2. The second-order valence-corrected chi connectivity index (χ2v) is 17.8. The summed E-state index contributed by atoms with van der Waals surface area (Å²) in [4.78, 5) is 0. The molecule has 0 saturated heterocycles. The molecule has 2 unspecified atom stereocenters. The molecule has 0 saturated carbocycles. The van der Waals surface area contributed by atoms with E-state index in [9.17, 15) is 0 Å². The molecule has 0 aromatic heterocycles. The van der Waals surface area contributed by atoms with Crippen LogP contribution < -0.4 is 0 Å². The predicted molar refractivity (Wildman–Crippen MR) is 175 cm³/mol. The van der Waals surface area contributed by atoms with Gasteiger partial charge in [0, 0.05) is 11.3 Å². The molecule has 2 aromatic rings. The fourth-order valence-corrected chi connectivity index (χ4v) is 8.19. The number of rotatable bonds is 2. The summed E-state index contributed by atoms with van der Waals surface area (Å²) in [5.41, 5.74) is 14.6. The Balaban J connectivity index is 1.84. The van der Waals surface area contributed by atoms with Gasteiger partial charge < -0.3 is 0 Å². The van der Waals surface area contributed by atoms with Crippen molar-refractivity contribution in [2.45, 2.75) is 127 Å². The Bertz CT molecular complexity index is 1330. The monoisotopic (exact) mass is 536 g/mol. The maximum Gasteiger partial charge on any atom is 0.0204 e. The number of hydrogen-bond donors (Lipinski definition) is 0. The zero-order valence-corrected chi connectivity index (χ0v) is 28.2. The molecule has 0 aliphatic heterocycles. The molecule has 0 fully saturated rings. The van der Waals surface area contributed by atoms with Crippen molar-refractivity contribution in [1.82, 2.24) is 0 Å². The Morgan fingerprint density at radius 2 is 1.15 bits per heavy atom. The lowest BCUT2D eigenvalue weighted by molar-refractivity contribution is 0.0949. The second-order valence-electron chi connectivity index (χ2n) is 17.8. The van der Waals surface area contributed by atoms with E-state index in [1.807, 2.05) is 0 Å². The predicted octanol–water partition coefficient (Wildman–Crippen LogP) is 11.8. The summed E-state index contributed by atoms with van der Waals surface area (Å²) in [5.74, 6) is 1.65. The van der Waals surface area contributed by atoms with E-state index in [2.05, 4.69) is 139 Å². The molecule has 0 N–H and O–H groups in total. The molecule has 0 heterocycles. The van der Waals surface area contributed by atoms with Crippen LogP contribution in [-0.2, 0) is 10.8 Å². The summed E-state index contributed by atoms with van der Waals surface area (Å²) in [6.45, 7) is 33.9. The first kappa shape index (κ1) is 29.4. The molecule has 3 aliphatic rings. The van der Waals surface area contributed by atoms with E-state index >= 15 is 0 Å². The first-order chi connectivity index (χ1) is 18.2. The summed E-state index contributed by atoms with van der Waals surface area (Å²) in [7, 11) is 0. The molecule has 2 aromatic carbocycles. The van der Waals surface area contributed by atoms with Crippen LogP contribution in [0.5, 0.6) is 0 Å². The van der Waals surface area contributed by atoms with Crippen molar-refractivity contribution in [3.8, 4) is 11.1 Å². The van der Waals surface area contributed by atoms with E-state index in [1.165, 1.54) is 28.7 Å². The Labute approximate surface area is 246 Å². The third-order valence-corrected chi connectivity index (χ3v) is 10.9. The summed E-state index contributed by atoms with van der Waals surface area (Å²) in [6.07, 6.45) is 5.10. The summed E-state index contributed by atoms with van der Waals surface area (Å²) >= 11 is 0. The van der Waals surface area contributed by atoms with Crippen molar-refractivity contribution < 1.29 is 0 Å². The van der Waals surface area contributed by atoms with Crippen molar-refractivity contribution in [2.24, 2.45) is 28.1 Å². The third-order valence-electron chi connectivity index (χ3n) is 10.9. The van der Waals surface area contributed by atoms with E-state index in [4.69, 9.17) is 0 Å². The fourth-order valence-electron chi connectivity index (χ4n) is 8.19. The molecule has 40 heavy (non-hydrogen) atoms. The van der Waals surface area contributed by atoms with Gasteiger partial charge in [0.05, 0.1) is 0 Å². The zero-order chi connectivity index (χ0) is 29.8. The van der Waals surface area contributed by atoms with Crippen LogP contribution in [0.25, 0.3) is 11.1 Å². The lowest BCUT2D eigenvalue weighted by Gasteiger charge is -2.50. The minimum atomic E-state index is 0.0523. The first-order valence-corrected chi connectivity index (χ1v) is 15.9. The van der Waals surface area contributed by atoms with Crippen molar-refractivity contribution in [2.75, 3.05) is 0 Å². The second kappa shape index (κ2) is 8.96. The van der Waals surface area contributed by atoms with Crippen LogP contribution in [-0.4, -0.2) is 0 Å². The van der Waals surface area contributed by atoms with Gasteiger partial charge in [-0.3, -0.25) is 0 Å². The molecule has 0 radical (unpaired) electrons. The highest BCUT2D eigenvalue weighted by Gasteiger charge is 2.60. The molecule has 0 nitrogen and oxygen atoms in total. The van der Waals surface area contributed by atoms with Gasteiger partial charge in [0.25, 0.3) is 0 Å².